The number of hydrogen-bond acceptors (Lipinski definition) is 4. The van der Waals surface area contributed by atoms with Gasteiger partial charge in [0.1, 0.15) is 5.75 Å². The van der Waals surface area contributed by atoms with Gasteiger partial charge in [0, 0.05) is 17.5 Å². The van der Waals surface area contributed by atoms with Gasteiger partial charge in [-0.15, -0.1) is 0 Å². The molecule has 0 aliphatic rings. The average Bonchev–Trinajstić information content (AvgIpc) is 2.60. The molecule has 4 heteroatoms. The lowest BCUT2D eigenvalue weighted by Crippen LogP contribution is -1.97. The van der Waals surface area contributed by atoms with Crippen molar-refractivity contribution >= 4 is 11.8 Å². The van der Waals surface area contributed by atoms with E-state index in [9.17, 15) is 0 Å². The van der Waals surface area contributed by atoms with E-state index in [-0.39, 0.29) is 0 Å². The molecule has 0 saturated heterocycles. The predicted octanol–water partition coefficient (Wildman–Crippen LogP) is 5.74. The molecule has 0 spiro atoms. The van der Waals surface area contributed by atoms with Crippen LogP contribution in [-0.4, -0.2) is 9.97 Å². The molecular formula is C21H22N2OS. The molecule has 0 fully saturated rings. The third kappa shape index (κ3) is 5.07. The van der Waals surface area contributed by atoms with Crippen molar-refractivity contribution in [2.75, 3.05) is 0 Å². The maximum Gasteiger partial charge on any atom is 0.223 e. The molecule has 0 atom stereocenters. The maximum atomic E-state index is 6.01. The Hall–Kier alpha value is -2.33. The Balaban J connectivity index is 1.79. The first kappa shape index (κ1) is 17.5. The molecule has 1 aromatic heterocycles. The maximum absolute atomic E-state index is 6.01. The smallest absolute Gasteiger partial charge is 0.223 e. The van der Waals surface area contributed by atoms with E-state index < -0.39 is 0 Å². The van der Waals surface area contributed by atoms with Crippen LogP contribution in [0.3, 0.4) is 0 Å². The van der Waals surface area contributed by atoms with Crippen LogP contribution in [-0.2, 0) is 12.2 Å². The van der Waals surface area contributed by atoms with E-state index in [1.54, 1.807) is 11.8 Å². The number of benzene rings is 2. The highest BCUT2D eigenvalue weighted by Crippen LogP contribution is 2.26. The Bertz CT molecular complexity index is 830. The summed E-state index contributed by atoms with van der Waals surface area (Å²) in [5.74, 6) is 2.27. The van der Waals surface area contributed by atoms with Crippen molar-refractivity contribution < 1.29 is 4.74 Å². The molecule has 0 radical (unpaired) electrons. The summed E-state index contributed by atoms with van der Waals surface area (Å²) in [6, 6.07) is 18.5. The van der Waals surface area contributed by atoms with E-state index in [1.807, 2.05) is 36.4 Å². The van der Waals surface area contributed by atoms with E-state index in [4.69, 9.17) is 4.74 Å². The van der Waals surface area contributed by atoms with Crippen molar-refractivity contribution in [3.63, 3.8) is 0 Å². The van der Waals surface area contributed by atoms with Crippen LogP contribution in [0.5, 0.6) is 11.6 Å². The molecule has 0 N–H and O–H groups in total. The highest BCUT2D eigenvalue weighted by Gasteiger charge is 2.08. The summed E-state index contributed by atoms with van der Waals surface area (Å²) in [4.78, 5) is 9.20. The molecular weight excluding hydrogens is 328 g/mol. The van der Waals surface area contributed by atoms with Crippen LogP contribution >= 0.6 is 11.8 Å². The Morgan fingerprint density at radius 3 is 2.32 bits per heavy atom. The van der Waals surface area contributed by atoms with Crippen LogP contribution in [0.2, 0.25) is 0 Å². The van der Waals surface area contributed by atoms with Gasteiger partial charge in [0.05, 0.1) is 0 Å². The fraction of sp³-hybridized carbons (Fsp3) is 0.238. The zero-order valence-electron chi connectivity index (χ0n) is 14.8. The molecule has 3 nitrogen and oxygen atoms in total. The first-order chi connectivity index (χ1) is 12.1. The second-order valence-corrected chi connectivity index (χ2v) is 6.98. The largest absolute Gasteiger partial charge is 0.439 e. The Labute approximate surface area is 153 Å². The highest BCUT2D eigenvalue weighted by atomic mass is 32.2. The molecule has 0 saturated carbocycles. The minimum atomic E-state index is 0.604. The molecule has 0 unspecified atom stereocenters. The Morgan fingerprint density at radius 1 is 0.920 bits per heavy atom. The van der Waals surface area contributed by atoms with E-state index >= 15 is 0 Å². The zero-order valence-corrected chi connectivity index (χ0v) is 15.6. The topological polar surface area (TPSA) is 35.0 Å². The van der Waals surface area contributed by atoms with Gasteiger partial charge in [0.15, 0.2) is 5.16 Å². The van der Waals surface area contributed by atoms with Gasteiger partial charge in [-0.3, -0.25) is 0 Å². The number of hydrogen-bond donors (Lipinski definition) is 0. The van der Waals surface area contributed by atoms with Gasteiger partial charge >= 0.3 is 0 Å². The summed E-state index contributed by atoms with van der Waals surface area (Å²) in [5.41, 5.74) is 4.61. The van der Waals surface area contributed by atoms with Gasteiger partial charge in [-0.25, -0.2) is 4.98 Å². The van der Waals surface area contributed by atoms with E-state index in [0.29, 0.717) is 5.88 Å². The highest BCUT2D eigenvalue weighted by molar-refractivity contribution is 7.98. The SMILES string of the molecule is CCc1cc(Oc2cc(C)cc(C)c2)nc(SCc2ccccc2)n1. The Morgan fingerprint density at radius 2 is 1.64 bits per heavy atom. The summed E-state index contributed by atoms with van der Waals surface area (Å²) in [7, 11) is 0. The monoisotopic (exact) mass is 350 g/mol. The fourth-order valence-corrected chi connectivity index (χ4v) is 3.41. The van der Waals surface area contributed by atoms with E-state index in [0.717, 1.165) is 28.8 Å². The number of nitrogens with zero attached hydrogens (tertiary/aromatic N) is 2. The van der Waals surface area contributed by atoms with Crippen molar-refractivity contribution in [1.82, 2.24) is 9.97 Å². The van der Waals surface area contributed by atoms with Crippen LogP contribution in [0, 0.1) is 13.8 Å². The number of aryl methyl sites for hydroxylation is 3. The van der Waals surface area contributed by atoms with Crippen molar-refractivity contribution in [3.8, 4) is 11.6 Å². The molecule has 128 valence electrons. The third-order valence-corrected chi connectivity index (χ3v) is 4.64. The van der Waals surface area contributed by atoms with Crippen LogP contribution in [0.1, 0.15) is 29.3 Å². The third-order valence-electron chi connectivity index (χ3n) is 3.73. The number of ether oxygens (including phenoxy) is 1. The first-order valence-corrected chi connectivity index (χ1v) is 9.42. The van der Waals surface area contributed by atoms with E-state index in [2.05, 4.69) is 48.9 Å². The van der Waals surface area contributed by atoms with Gasteiger partial charge < -0.3 is 4.74 Å². The quantitative estimate of drug-likeness (QED) is 0.419. The fourth-order valence-electron chi connectivity index (χ4n) is 2.58. The lowest BCUT2D eigenvalue weighted by Gasteiger charge is -2.10. The summed E-state index contributed by atoms with van der Waals surface area (Å²) in [6.07, 6.45) is 0.852. The second-order valence-electron chi connectivity index (χ2n) is 6.03. The summed E-state index contributed by atoms with van der Waals surface area (Å²) in [5, 5.41) is 0.752. The average molecular weight is 350 g/mol. The van der Waals surface area contributed by atoms with Crippen LogP contribution < -0.4 is 4.74 Å². The molecule has 25 heavy (non-hydrogen) atoms. The van der Waals surface area contributed by atoms with E-state index in [1.165, 1.54) is 16.7 Å². The second kappa shape index (κ2) is 8.17. The lowest BCUT2D eigenvalue weighted by molar-refractivity contribution is 0.453. The molecule has 0 bridgehead atoms. The van der Waals surface area contributed by atoms with Crippen molar-refractivity contribution in [3.05, 3.63) is 77.0 Å². The van der Waals surface area contributed by atoms with Crippen molar-refractivity contribution in [2.24, 2.45) is 0 Å². The molecule has 2 aromatic carbocycles. The normalized spacial score (nSPS) is 10.7. The van der Waals surface area contributed by atoms with Gasteiger partial charge in [-0.05, 0) is 49.1 Å². The van der Waals surface area contributed by atoms with Gasteiger partial charge in [0.25, 0.3) is 0 Å². The zero-order chi connectivity index (χ0) is 17.6. The van der Waals surface area contributed by atoms with Crippen molar-refractivity contribution in [2.45, 2.75) is 38.1 Å². The van der Waals surface area contributed by atoms with Gasteiger partial charge in [0.2, 0.25) is 5.88 Å². The molecule has 0 aliphatic carbocycles. The number of rotatable bonds is 6. The molecule has 3 aromatic rings. The lowest BCUT2D eigenvalue weighted by atomic mass is 10.1. The first-order valence-electron chi connectivity index (χ1n) is 8.43. The molecule has 1 heterocycles. The minimum absolute atomic E-state index is 0.604. The number of thioether (sulfide) groups is 1. The van der Waals surface area contributed by atoms with Crippen LogP contribution in [0.15, 0.2) is 59.8 Å². The standard InChI is InChI=1S/C21H22N2OS/c1-4-18-13-20(24-19-11-15(2)10-16(3)12-19)23-21(22-18)25-14-17-8-6-5-7-9-17/h5-13H,4,14H2,1-3H3. The number of aromatic nitrogens is 2. The van der Waals surface area contributed by atoms with Crippen LogP contribution in [0.4, 0.5) is 0 Å². The molecule has 0 aliphatic heterocycles. The minimum Gasteiger partial charge on any atom is -0.439 e. The Kier molecular flexibility index (Phi) is 5.71. The summed E-state index contributed by atoms with van der Waals surface area (Å²) < 4.78 is 6.01. The van der Waals surface area contributed by atoms with Gasteiger partial charge in [-0.1, -0.05) is 55.1 Å². The van der Waals surface area contributed by atoms with Gasteiger partial charge in [-0.2, -0.15) is 4.98 Å². The summed E-state index contributed by atoms with van der Waals surface area (Å²) in [6.45, 7) is 6.23. The summed E-state index contributed by atoms with van der Waals surface area (Å²) >= 11 is 1.63. The molecule has 3 rings (SSSR count). The predicted molar refractivity (Wildman–Crippen MR) is 103 cm³/mol. The van der Waals surface area contributed by atoms with Crippen LogP contribution in [0.25, 0.3) is 0 Å². The molecule has 0 amide bonds. The van der Waals surface area contributed by atoms with Crippen molar-refractivity contribution in [1.29, 1.82) is 0 Å².